The molecule has 1 heterocycles. The monoisotopic (exact) mass is 181 g/mol. The van der Waals surface area contributed by atoms with Crippen molar-refractivity contribution in [2.75, 3.05) is 13.1 Å². The molecule has 2 heteroatoms. The molecular weight excluding hydrogens is 162 g/mol. The van der Waals surface area contributed by atoms with Crippen molar-refractivity contribution in [2.45, 2.75) is 39.0 Å². The third kappa shape index (κ3) is 3.21. The van der Waals surface area contributed by atoms with E-state index >= 15 is 0 Å². The molecule has 2 nitrogen and oxygen atoms in total. The van der Waals surface area contributed by atoms with Gasteiger partial charge in [-0.3, -0.25) is 4.79 Å². The van der Waals surface area contributed by atoms with E-state index in [1.807, 2.05) is 4.90 Å². The van der Waals surface area contributed by atoms with Crippen molar-refractivity contribution in [3.05, 3.63) is 12.2 Å². The van der Waals surface area contributed by atoms with Crippen LogP contribution >= 0.6 is 0 Å². The van der Waals surface area contributed by atoms with Gasteiger partial charge in [-0.15, -0.1) is 0 Å². The third-order valence-electron chi connectivity index (χ3n) is 2.51. The Kier molecular flexibility index (Phi) is 4.00. The van der Waals surface area contributed by atoms with E-state index in [1.165, 1.54) is 19.3 Å². The van der Waals surface area contributed by atoms with Gasteiger partial charge in [-0.05, 0) is 19.8 Å². The van der Waals surface area contributed by atoms with Gasteiger partial charge in [-0.25, -0.2) is 0 Å². The maximum absolute atomic E-state index is 11.6. The topological polar surface area (TPSA) is 20.3 Å². The molecule has 0 radical (unpaired) electrons. The quantitative estimate of drug-likeness (QED) is 0.569. The summed E-state index contributed by atoms with van der Waals surface area (Å²) in [5.74, 6) is 0.141. The molecule has 0 aromatic rings. The molecular formula is C11H19NO. The number of carbonyl (C=O) groups is 1. The first-order valence-electron chi connectivity index (χ1n) is 5.16. The summed E-state index contributed by atoms with van der Waals surface area (Å²) in [6.07, 6.45) is 6.16. The van der Waals surface area contributed by atoms with E-state index in [9.17, 15) is 4.79 Å². The Morgan fingerprint density at radius 1 is 1.08 bits per heavy atom. The summed E-state index contributed by atoms with van der Waals surface area (Å²) in [6.45, 7) is 7.33. The van der Waals surface area contributed by atoms with Crippen LogP contribution in [0, 0.1) is 0 Å². The van der Waals surface area contributed by atoms with Crippen LogP contribution < -0.4 is 0 Å². The van der Waals surface area contributed by atoms with Crippen molar-refractivity contribution in [2.24, 2.45) is 0 Å². The summed E-state index contributed by atoms with van der Waals surface area (Å²) in [4.78, 5) is 13.5. The van der Waals surface area contributed by atoms with E-state index < -0.39 is 0 Å². The average Bonchev–Trinajstić information content (AvgIpc) is 2.02. The summed E-state index contributed by atoms with van der Waals surface area (Å²) in [6, 6.07) is 0. The van der Waals surface area contributed by atoms with Gasteiger partial charge < -0.3 is 4.90 Å². The van der Waals surface area contributed by atoms with Crippen molar-refractivity contribution in [1.82, 2.24) is 4.90 Å². The highest BCUT2D eigenvalue weighted by Gasteiger charge is 2.14. The zero-order valence-electron chi connectivity index (χ0n) is 8.51. The SMILES string of the molecule is C=C(C)C(=O)N1CCCCCCC1. The highest BCUT2D eigenvalue weighted by atomic mass is 16.2. The van der Waals surface area contributed by atoms with Gasteiger partial charge >= 0.3 is 0 Å². The highest BCUT2D eigenvalue weighted by Crippen LogP contribution is 2.11. The first-order chi connectivity index (χ1) is 6.22. The summed E-state index contributed by atoms with van der Waals surface area (Å²) in [5.41, 5.74) is 0.667. The van der Waals surface area contributed by atoms with Gasteiger partial charge in [0.15, 0.2) is 0 Å². The molecule has 0 aromatic carbocycles. The number of amides is 1. The van der Waals surface area contributed by atoms with Crippen LogP contribution in [0.5, 0.6) is 0 Å². The lowest BCUT2D eigenvalue weighted by Gasteiger charge is -2.24. The van der Waals surface area contributed by atoms with E-state index in [2.05, 4.69) is 6.58 Å². The minimum absolute atomic E-state index is 0.141. The lowest BCUT2D eigenvalue weighted by Crippen LogP contribution is -2.34. The second kappa shape index (κ2) is 5.05. The molecule has 0 saturated carbocycles. The van der Waals surface area contributed by atoms with E-state index in [1.54, 1.807) is 6.92 Å². The van der Waals surface area contributed by atoms with Crippen LogP contribution in [0.25, 0.3) is 0 Å². The maximum atomic E-state index is 11.6. The van der Waals surface area contributed by atoms with Crippen molar-refractivity contribution in [1.29, 1.82) is 0 Å². The number of hydrogen-bond donors (Lipinski definition) is 0. The maximum Gasteiger partial charge on any atom is 0.248 e. The number of carbonyl (C=O) groups excluding carboxylic acids is 1. The Balaban J connectivity index is 2.45. The largest absolute Gasteiger partial charge is 0.339 e. The molecule has 0 bridgehead atoms. The van der Waals surface area contributed by atoms with Gasteiger partial charge in [-0.1, -0.05) is 25.8 Å². The Labute approximate surface area is 80.6 Å². The molecule has 0 unspecified atom stereocenters. The first kappa shape index (κ1) is 10.3. The summed E-state index contributed by atoms with van der Waals surface area (Å²) < 4.78 is 0. The van der Waals surface area contributed by atoms with Crippen LogP contribution in [0.15, 0.2) is 12.2 Å². The van der Waals surface area contributed by atoms with E-state index in [4.69, 9.17) is 0 Å². The second-order valence-electron chi connectivity index (χ2n) is 3.84. The molecule has 13 heavy (non-hydrogen) atoms. The van der Waals surface area contributed by atoms with Crippen LogP contribution in [0.1, 0.15) is 39.0 Å². The predicted molar refractivity (Wildman–Crippen MR) is 54.5 cm³/mol. The standard InChI is InChI=1S/C11H19NO/c1-10(2)11(13)12-8-6-4-3-5-7-9-12/h1,3-9H2,2H3. The van der Waals surface area contributed by atoms with Crippen LogP contribution in [0.4, 0.5) is 0 Å². The van der Waals surface area contributed by atoms with E-state index in [0.29, 0.717) is 5.57 Å². The van der Waals surface area contributed by atoms with Crippen molar-refractivity contribution >= 4 is 5.91 Å². The highest BCUT2D eigenvalue weighted by molar-refractivity contribution is 5.92. The molecule has 0 aliphatic carbocycles. The molecule has 1 fully saturated rings. The molecule has 1 amide bonds. The Morgan fingerprint density at radius 2 is 1.54 bits per heavy atom. The fraction of sp³-hybridized carbons (Fsp3) is 0.727. The molecule has 1 saturated heterocycles. The summed E-state index contributed by atoms with van der Waals surface area (Å²) in [7, 11) is 0. The lowest BCUT2D eigenvalue weighted by molar-refractivity contribution is -0.127. The number of nitrogens with zero attached hydrogens (tertiary/aromatic N) is 1. The normalized spacial score (nSPS) is 19.0. The summed E-state index contributed by atoms with van der Waals surface area (Å²) in [5, 5.41) is 0. The molecule has 0 spiro atoms. The molecule has 0 aromatic heterocycles. The van der Waals surface area contributed by atoms with Crippen molar-refractivity contribution in [3.8, 4) is 0 Å². The van der Waals surface area contributed by atoms with Crippen LogP contribution in [-0.4, -0.2) is 23.9 Å². The zero-order valence-corrected chi connectivity index (χ0v) is 8.51. The average molecular weight is 181 g/mol. The van der Waals surface area contributed by atoms with Crippen molar-refractivity contribution < 1.29 is 4.79 Å². The molecule has 0 N–H and O–H groups in total. The number of likely N-dealkylation sites (tertiary alicyclic amines) is 1. The fourth-order valence-corrected chi connectivity index (χ4v) is 1.72. The molecule has 1 aliphatic rings. The molecule has 0 atom stereocenters. The smallest absolute Gasteiger partial charge is 0.248 e. The Morgan fingerprint density at radius 3 is 2.00 bits per heavy atom. The second-order valence-corrected chi connectivity index (χ2v) is 3.84. The zero-order chi connectivity index (χ0) is 9.68. The van der Waals surface area contributed by atoms with Gasteiger partial charge in [0.05, 0.1) is 0 Å². The van der Waals surface area contributed by atoms with Gasteiger partial charge in [0.2, 0.25) is 5.91 Å². The number of hydrogen-bond acceptors (Lipinski definition) is 1. The van der Waals surface area contributed by atoms with Gasteiger partial charge in [0, 0.05) is 18.7 Å². The van der Waals surface area contributed by atoms with E-state index in [0.717, 1.165) is 25.9 Å². The third-order valence-corrected chi connectivity index (χ3v) is 2.51. The van der Waals surface area contributed by atoms with Crippen molar-refractivity contribution in [3.63, 3.8) is 0 Å². The van der Waals surface area contributed by atoms with Gasteiger partial charge in [-0.2, -0.15) is 0 Å². The Bertz CT molecular complexity index is 190. The lowest BCUT2D eigenvalue weighted by atomic mass is 10.1. The number of rotatable bonds is 1. The molecule has 1 rings (SSSR count). The first-order valence-corrected chi connectivity index (χ1v) is 5.16. The van der Waals surface area contributed by atoms with Gasteiger partial charge in [0.1, 0.15) is 0 Å². The Hall–Kier alpha value is -0.790. The van der Waals surface area contributed by atoms with Crippen LogP contribution in [0.3, 0.4) is 0 Å². The van der Waals surface area contributed by atoms with E-state index in [-0.39, 0.29) is 5.91 Å². The minimum Gasteiger partial charge on any atom is -0.339 e. The van der Waals surface area contributed by atoms with Crippen LogP contribution in [-0.2, 0) is 4.79 Å². The van der Waals surface area contributed by atoms with Crippen LogP contribution in [0.2, 0.25) is 0 Å². The van der Waals surface area contributed by atoms with Gasteiger partial charge in [0.25, 0.3) is 0 Å². The fourth-order valence-electron chi connectivity index (χ4n) is 1.72. The minimum atomic E-state index is 0.141. The molecule has 1 aliphatic heterocycles. The molecule has 74 valence electrons. The predicted octanol–water partition coefficient (Wildman–Crippen LogP) is 2.36. The summed E-state index contributed by atoms with van der Waals surface area (Å²) >= 11 is 0.